The first-order valence-corrected chi connectivity index (χ1v) is 7.20. The maximum Gasteiger partial charge on any atom is 0.177 e. The van der Waals surface area contributed by atoms with Crippen molar-refractivity contribution >= 4 is 20.9 Å². The Morgan fingerprint density at radius 2 is 2.18 bits per heavy atom. The van der Waals surface area contributed by atoms with Crippen molar-refractivity contribution in [3.8, 4) is 0 Å². The number of nitrogens with zero attached hydrogens (tertiary/aromatic N) is 1. The number of hydrogen-bond donors (Lipinski definition) is 2. The highest BCUT2D eigenvalue weighted by molar-refractivity contribution is 7.91. The number of aromatic nitrogens is 2. The van der Waals surface area contributed by atoms with Gasteiger partial charge in [-0.25, -0.2) is 13.4 Å². The van der Waals surface area contributed by atoms with Crippen LogP contribution in [0.1, 0.15) is 12.7 Å². The summed E-state index contributed by atoms with van der Waals surface area (Å²) < 4.78 is 23.2. The number of nitrogens with two attached hydrogens (primary N) is 1. The highest BCUT2D eigenvalue weighted by Crippen LogP contribution is 2.21. The van der Waals surface area contributed by atoms with Gasteiger partial charge in [-0.2, -0.15) is 0 Å². The molecule has 2 aromatic rings. The van der Waals surface area contributed by atoms with E-state index in [0.29, 0.717) is 17.8 Å². The largest absolute Gasteiger partial charge is 0.342 e. The van der Waals surface area contributed by atoms with E-state index in [-0.39, 0.29) is 10.9 Å². The molecular weight excluding hydrogens is 238 g/mol. The third-order valence-corrected chi connectivity index (χ3v) is 3.57. The summed E-state index contributed by atoms with van der Waals surface area (Å²) in [7, 11) is -3.26. The molecule has 0 aliphatic rings. The summed E-state index contributed by atoms with van der Waals surface area (Å²) in [4.78, 5) is 7.64. The Hall–Kier alpha value is -1.40. The van der Waals surface area contributed by atoms with Gasteiger partial charge in [0.05, 0.1) is 10.4 Å². The number of para-hydroxylation sites is 1. The maximum absolute atomic E-state index is 11.6. The first-order valence-electron chi connectivity index (χ1n) is 5.31. The van der Waals surface area contributed by atoms with E-state index in [1.165, 1.54) is 6.26 Å². The van der Waals surface area contributed by atoms with Gasteiger partial charge in [0.1, 0.15) is 11.3 Å². The average Bonchev–Trinajstić information content (AvgIpc) is 2.55. The van der Waals surface area contributed by atoms with Crippen LogP contribution in [0.4, 0.5) is 0 Å². The second-order valence-corrected chi connectivity index (χ2v) is 6.27. The van der Waals surface area contributed by atoms with Crippen LogP contribution < -0.4 is 5.73 Å². The van der Waals surface area contributed by atoms with Crippen LogP contribution in [-0.2, 0) is 16.3 Å². The first kappa shape index (κ1) is 12.1. The minimum Gasteiger partial charge on any atom is -0.342 e. The lowest BCUT2D eigenvalue weighted by atomic mass is 10.2. The summed E-state index contributed by atoms with van der Waals surface area (Å²) >= 11 is 0. The topological polar surface area (TPSA) is 88.8 Å². The van der Waals surface area contributed by atoms with Crippen LogP contribution in [0, 0.1) is 0 Å². The predicted molar refractivity (Wildman–Crippen MR) is 66.6 cm³/mol. The van der Waals surface area contributed by atoms with Gasteiger partial charge in [-0.15, -0.1) is 0 Å². The van der Waals surface area contributed by atoms with E-state index in [9.17, 15) is 8.42 Å². The van der Waals surface area contributed by atoms with Crippen molar-refractivity contribution in [2.24, 2.45) is 5.73 Å². The normalized spacial score (nSPS) is 14.1. The van der Waals surface area contributed by atoms with E-state index in [1.807, 2.05) is 13.0 Å². The summed E-state index contributed by atoms with van der Waals surface area (Å²) in [6.07, 6.45) is 1.78. The standard InChI is InChI=1S/C11H15N3O2S/c1-7(12)6-10-13-8-4-3-5-9(11(8)14-10)17(2,15)16/h3-5,7H,6,12H2,1-2H3,(H,13,14). The summed E-state index contributed by atoms with van der Waals surface area (Å²) in [5.41, 5.74) is 6.91. The van der Waals surface area contributed by atoms with Gasteiger partial charge in [-0.3, -0.25) is 0 Å². The van der Waals surface area contributed by atoms with E-state index in [2.05, 4.69) is 9.97 Å². The zero-order chi connectivity index (χ0) is 12.6. The molecule has 92 valence electrons. The Labute approximate surface area is 100.0 Å². The number of sulfone groups is 1. The summed E-state index contributed by atoms with van der Waals surface area (Å²) in [5, 5.41) is 0. The number of aromatic amines is 1. The lowest BCUT2D eigenvalue weighted by Gasteiger charge is -1.99. The van der Waals surface area contributed by atoms with E-state index in [4.69, 9.17) is 5.73 Å². The fraction of sp³-hybridized carbons (Fsp3) is 0.364. The summed E-state index contributed by atoms with van der Waals surface area (Å²) in [5.74, 6) is 0.714. The smallest absolute Gasteiger partial charge is 0.177 e. The van der Waals surface area contributed by atoms with Crippen LogP contribution in [0.5, 0.6) is 0 Å². The molecule has 17 heavy (non-hydrogen) atoms. The first-order chi connectivity index (χ1) is 7.88. The molecule has 3 N–H and O–H groups in total. The highest BCUT2D eigenvalue weighted by atomic mass is 32.2. The molecule has 1 atom stereocenters. The van der Waals surface area contributed by atoms with Crippen LogP contribution in [0.3, 0.4) is 0 Å². The van der Waals surface area contributed by atoms with Crippen molar-refractivity contribution in [1.82, 2.24) is 9.97 Å². The molecule has 0 saturated heterocycles. The lowest BCUT2D eigenvalue weighted by molar-refractivity contribution is 0.602. The SMILES string of the molecule is CC(N)Cc1nc2c(S(C)(=O)=O)cccc2[nH]1. The summed E-state index contributed by atoms with van der Waals surface area (Å²) in [6.45, 7) is 1.88. The Balaban J connectivity index is 2.61. The Morgan fingerprint density at radius 3 is 2.76 bits per heavy atom. The Kier molecular flexibility index (Phi) is 2.92. The quantitative estimate of drug-likeness (QED) is 0.849. The molecule has 0 bridgehead atoms. The van der Waals surface area contributed by atoms with Crippen LogP contribution in [-0.4, -0.2) is 30.7 Å². The van der Waals surface area contributed by atoms with Gasteiger partial charge >= 0.3 is 0 Å². The molecule has 0 radical (unpaired) electrons. The van der Waals surface area contributed by atoms with Crippen molar-refractivity contribution in [1.29, 1.82) is 0 Å². The number of rotatable bonds is 3. The molecule has 1 heterocycles. The van der Waals surface area contributed by atoms with Gasteiger partial charge in [-0.1, -0.05) is 6.07 Å². The fourth-order valence-corrected chi connectivity index (χ4v) is 2.59. The molecule has 1 unspecified atom stereocenters. The van der Waals surface area contributed by atoms with Crippen molar-refractivity contribution in [3.63, 3.8) is 0 Å². The Bertz CT molecular complexity index is 644. The van der Waals surface area contributed by atoms with E-state index in [1.54, 1.807) is 12.1 Å². The second kappa shape index (κ2) is 4.12. The van der Waals surface area contributed by atoms with Gasteiger partial charge in [0.15, 0.2) is 9.84 Å². The van der Waals surface area contributed by atoms with E-state index >= 15 is 0 Å². The van der Waals surface area contributed by atoms with Crippen molar-refractivity contribution in [2.45, 2.75) is 24.3 Å². The minimum absolute atomic E-state index is 0.0164. The third kappa shape index (κ3) is 2.48. The predicted octanol–water partition coefficient (Wildman–Crippen LogP) is 0.856. The van der Waals surface area contributed by atoms with Crippen molar-refractivity contribution < 1.29 is 8.42 Å². The van der Waals surface area contributed by atoms with Gasteiger partial charge in [0.25, 0.3) is 0 Å². The second-order valence-electron chi connectivity index (χ2n) is 4.29. The maximum atomic E-state index is 11.6. The fourth-order valence-electron chi connectivity index (χ4n) is 1.76. The molecule has 1 aromatic heterocycles. The monoisotopic (exact) mass is 253 g/mol. The minimum atomic E-state index is -3.26. The molecule has 0 fully saturated rings. The number of H-pyrrole nitrogens is 1. The van der Waals surface area contributed by atoms with Gasteiger partial charge in [-0.05, 0) is 19.1 Å². The van der Waals surface area contributed by atoms with E-state index < -0.39 is 9.84 Å². The molecule has 0 aliphatic heterocycles. The van der Waals surface area contributed by atoms with Crippen molar-refractivity contribution in [3.05, 3.63) is 24.0 Å². The molecule has 0 saturated carbocycles. The third-order valence-electron chi connectivity index (χ3n) is 2.44. The summed E-state index contributed by atoms with van der Waals surface area (Å²) in [6, 6.07) is 5.06. The molecule has 2 rings (SSSR count). The Morgan fingerprint density at radius 1 is 1.47 bits per heavy atom. The zero-order valence-corrected chi connectivity index (χ0v) is 10.6. The van der Waals surface area contributed by atoms with Crippen LogP contribution in [0.15, 0.2) is 23.1 Å². The molecule has 0 amide bonds. The van der Waals surface area contributed by atoms with Crippen LogP contribution in [0.2, 0.25) is 0 Å². The number of fused-ring (bicyclic) bond motifs is 1. The van der Waals surface area contributed by atoms with Gasteiger partial charge < -0.3 is 10.7 Å². The number of imidazole rings is 1. The zero-order valence-electron chi connectivity index (χ0n) is 9.77. The highest BCUT2D eigenvalue weighted by Gasteiger charge is 2.15. The molecule has 1 aromatic carbocycles. The average molecular weight is 253 g/mol. The molecule has 5 nitrogen and oxygen atoms in total. The lowest BCUT2D eigenvalue weighted by Crippen LogP contribution is -2.18. The number of benzene rings is 1. The molecule has 6 heteroatoms. The van der Waals surface area contributed by atoms with E-state index in [0.717, 1.165) is 5.52 Å². The van der Waals surface area contributed by atoms with Crippen LogP contribution >= 0.6 is 0 Å². The number of nitrogens with one attached hydrogen (secondary N) is 1. The molecule has 0 aliphatic carbocycles. The molecular formula is C11H15N3O2S. The molecule has 0 spiro atoms. The van der Waals surface area contributed by atoms with Crippen molar-refractivity contribution in [2.75, 3.05) is 6.26 Å². The van der Waals surface area contributed by atoms with Crippen LogP contribution in [0.25, 0.3) is 11.0 Å². The van der Waals surface area contributed by atoms with Gasteiger partial charge in [0.2, 0.25) is 0 Å². The number of hydrogen-bond acceptors (Lipinski definition) is 4. The van der Waals surface area contributed by atoms with Gasteiger partial charge in [0, 0.05) is 18.7 Å².